The molecule has 1 N–H and O–H groups in total. The number of methoxy groups -OCH3 is 1. The molecular weight excluding hydrogens is 306 g/mol. The van der Waals surface area contributed by atoms with Gasteiger partial charge in [-0.15, -0.1) is 17.9 Å². The average Bonchev–Trinajstić information content (AvgIpc) is 2.97. The van der Waals surface area contributed by atoms with Gasteiger partial charge in [0.25, 0.3) is 0 Å². The third-order valence-electron chi connectivity index (χ3n) is 3.07. The summed E-state index contributed by atoms with van der Waals surface area (Å²) < 4.78 is 5.14. The Bertz CT molecular complexity index is 585. The van der Waals surface area contributed by atoms with Crippen LogP contribution in [0.5, 0.6) is 0 Å². The molecule has 0 aliphatic carbocycles. The summed E-state index contributed by atoms with van der Waals surface area (Å²) in [5, 5.41) is 6.26. The highest BCUT2D eigenvalue weighted by atomic mass is 32.1. The molecule has 0 saturated heterocycles. The summed E-state index contributed by atoms with van der Waals surface area (Å²) in [5.74, 6) is 1.15. The second-order valence-electron chi connectivity index (χ2n) is 5.54. The summed E-state index contributed by atoms with van der Waals surface area (Å²) in [5.41, 5.74) is 1.75. The van der Waals surface area contributed by atoms with Crippen molar-refractivity contribution in [1.82, 2.24) is 4.98 Å². The van der Waals surface area contributed by atoms with Crippen molar-refractivity contribution in [3.05, 3.63) is 47.7 Å². The minimum Gasteiger partial charge on any atom is -0.502 e. The monoisotopic (exact) mass is 333 g/mol. The lowest BCUT2D eigenvalue weighted by atomic mass is 10.1. The highest BCUT2D eigenvalue weighted by Gasteiger charge is 2.07. The summed E-state index contributed by atoms with van der Waals surface area (Å²) in [4.78, 5) is 9.26. The Morgan fingerprint density at radius 3 is 2.83 bits per heavy atom. The molecule has 1 unspecified atom stereocenters. The van der Waals surface area contributed by atoms with E-state index in [9.17, 15) is 0 Å². The third-order valence-corrected chi connectivity index (χ3v) is 3.84. The predicted molar refractivity (Wildman–Crippen MR) is 102 cm³/mol. The van der Waals surface area contributed by atoms with Gasteiger partial charge in [-0.1, -0.05) is 19.1 Å². The van der Waals surface area contributed by atoms with Crippen LogP contribution in [-0.2, 0) is 4.74 Å². The number of hydrogen-bond acceptors (Lipinski definition) is 5. The van der Waals surface area contributed by atoms with E-state index in [1.165, 1.54) is 0 Å². The molecule has 1 aromatic heterocycles. The van der Waals surface area contributed by atoms with Crippen molar-refractivity contribution in [2.75, 3.05) is 19.0 Å². The van der Waals surface area contributed by atoms with E-state index in [2.05, 4.69) is 48.7 Å². The van der Waals surface area contributed by atoms with E-state index >= 15 is 0 Å². The topological polar surface area (TPSA) is 46.5 Å². The SMILES string of the molecule is C=CC(C)/C=C\C(=NC/C=C(\C)OC)c1csc(NC(C)C)n1. The summed E-state index contributed by atoms with van der Waals surface area (Å²) in [6.07, 6.45) is 7.93. The van der Waals surface area contributed by atoms with Crippen molar-refractivity contribution in [2.45, 2.75) is 33.7 Å². The predicted octanol–water partition coefficient (Wildman–Crippen LogP) is 4.68. The van der Waals surface area contributed by atoms with E-state index in [1.54, 1.807) is 18.4 Å². The molecule has 0 bridgehead atoms. The van der Waals surface area contributed by atoms with Crippen molar-refractivity contribution >= 4 is 22.2 Å². The van der Waals surface area contributed by atoms with Crippen LogP contribution in [0.4, 0.5) is 5.13 Å². The van der Waals surface area contributed by atoms with E-state index in [1.807, 2.05) is 30.5 Å². The first-order chi connectivity index (χ1) is 11.0. The molecule has 0 radical (unpaired) electrons. The summed E-state index contributed by atoms with van der Waals surface area (Å²) in [6.45, 7) is 12.6. The molecule has 0 aromatic carbocycles. The number of anilines is 1. The maximum absolute atomic E-state index is 5.14. The van der Waals surface area contributed by atoms with Gasteiger partial charge in [-0.05, 0) is 38.8 Å². The highest BCUT2D eigenvalue weighted by Crippen LogP contribution is 2.18. The molecule has 4 nitrogen and oxygen atoms in total. The third kappa shape index (κ3) is 7.28. The molecule has 0 spiro atoms. The van der Waals surface area contributed by atoms with Gasteiger partial charge in [0.2, 0.25) is 0 Å². The van der Waals surface area contributed by atoms with Gasteiger partial charge in [0.1, 0.15) is 5.69 Å². The fourth-order valence-corrected chi connectivity index (χ4v) is 2.45. The van der Waals surface area contributed by atoms with E-state index in [0.717, 1.165) is 22.3 Å². The van der Waals surface area contributed by atoms with Crippen molar-refractivity contribution in [1.29, 1.82) is 0 Å². The van der Waals surface area contributed by atoms with Gasteiger partial charge >= 0.3 is 0 Å². The first-order valence-electron chi connectivity index (χ1n) is 7.74. The molecule has 0 amide bonds. The van der Waals surface area contributed by atoms with Crippen molar-refractivity contribution in [3.63, 3.8) is 0 Å². The minimum absolute atomic E-state index is 0.295. The number of nitrogens with zero attached hydrogens (tertiary/aromatic N) is 2. The molecule has 126 valence electrons. The van der Waals surface area contributed by atoms with Gasteiger partial charge in [-0.3, -0.25) is 4.99 Å². The zero-order chi connectivity index (χ0) is 17.2. The molecule has 0 aliphatic heterocycles. The average molecular weight is 334 g/mol. The van der Waals surface area contributed by atoms with E-state index in [0.29, 0.717) is 18.5 Å². The lowest BCUT2D eigenvalue weighted by Crippen LogP contribution is -2.09. The Morgan fingerprint density at radius 2 is 2.22 bits per heavy atom. The fourth-order valence-electron chi connectivity index (χ4n) is 1.60. The number of nitrogens with one attached hydrogen (secondary N) is 1. The molecule has 5 heteroatoms. The van der Waals surface area contributed by atoms with Crippen LogP contribution in [0.2, 0.25) is 0 Å². The van der Waals surface area contributed by atoms with E-state index in [-0.39, 0.29) is 0 Å². The summed E-state index contributed by atoms with van der Waals surface area (Å²) >= 11 is 1.59. The Hall–Kier alpha value is -1.88. The smallest absolute Gasteiger partial charge is 0.183 e. The number of ether oxygens (including phenoxy) is 1. The molecular formula is C18H27N3OS. The maximum atomic E-state index is 5.14. The molecule has 0 aliphatic rings. The van der Waals surface area contributed by atoms with Gasteiger partial charge in [-0.25, -0.2) is 4.98 Å². The normalized spacial score (nSPS) is 14.3. The lowest BCUT2D eigenvalue weighted by molar-refractivity contribution is 0.292. The number of allylic oxidation sites excluding steroid dienone is 4. The van der Waals surface area contributed by atoms with Gasteiger partial charge in [0, 0.05) is 11.4 Å². The molecule has 23 heavy (non-hydrogen) atoms. The van der Waals surface area contributed by atoms with Gasteiger partial charge in [-0.2, -0.15) is 0 Å². The van der Waals surface area contributed by atoms with E-state index in [4.69, 9.17) is 4.74 Å². The van der Waals surface area contributed by atoms with Crippen LogP contribution < -0.4 is 5.32 Å². The Kier molecular flexibility index (Phi) is 8.33. The maximum Gasteiger partial charge on any atom is 0.183 e. The minimum atomic E-state index is 0.295. The number of hydrogen-bond donors (Lipinski definition) is 1. The van der Waals surface area contributed by atoms with Crippen LogP contribution in [-0.4, -0.2) is 30.4 Å². The van der Waals surface area contributed by atoms with Gasteiger partial charge in [0.15, 0.2) is 5.13 Å². The van der Waals surface area contributed by atoms with E-state index < -0.39 is 0 Å². The fraction of sp³-hybridized carbons (Fsp3) is 0.444. The van der Waals surface area contributed by atoms with Crippen LogP contribution in [0.25, 0.3) is 0 Å². The van der Waals surface area contributed by atoms with Crippen LogP contribution in [0, 0.1) is 5.92 Å². The highest BCUT2D eigenvalue weighted by molar-refractivity contribution is 7.13. The summed E-state index contributed by atoms with van der Waals surface area (Å²) in [6, 6.07) is 0.359. The van der Waals surface area contributed by atoms with Crippen LogP contribution in [0.15, 0.2) is 47.0 Å². The standard InChI is InChI=1S/C18H27N3OS/c1-7-14(4)8-9-16(19-11-10-15(5)22-6)17-12-23-18(21-17)20-13(2)3/h7-10,12-14H,1,11H2,2-6H3,(H,20,21)/b9-8-,15-10+,19-16?. The largest absolute Gasteiger partial charge is 0.502 e. The number of aromatic nitrogens is 1. The van der Waals surface area contributed by atoms with Gasteiger partial charge < -0.3 is 10.1 Å². The Balaban J connectivity index is 2.98. The van der Waals surface area contributed by atoms with Crippen molar-refractivity contribution < 1.29 is 4.74 Å². The van der Waals surface area contributed by atoms with Gasteiger partial charge in [0.05, 0.1) is 25.1 Å². The Labute approximate surface area is 143 Å². The number of thiazole rings is 1. The molecule has 1 heterocycles. The number of rotatable bonds is 9. The lowest BCUT2D eigenvalue weighted by Gasteiger charge is -2.04. The van der Waals surface area contributed by atoms with Crippen LogP contribution >= 0.6 is 11.3 Å². The second kappa shape index (κ2) is 10.0. The first-order valence-corrected chi connectivity index (χ1v) is 8.62. The van der Waals surface area contributed by atoms with Crippen LogP contribution in [0.1, 0.15) is 33.4 Å². The molecule has 1 aromatic rings. The Morgan fingerprint density at radius 1 is 1.48 bits per heavy atom. The zero-order valence-electron chi connectivity index (χ0n) is 14.7. The quantitative estimate of drug-likeness (QED) is 0.405. The van der Waals surface area contributed by atoms with Crippen LogP contribution in [0.3, 0.4) is 0 Å². The van der Waals surface area contributed by atoms with Crippen molar-refractivity contribution in [3.8, 4) is 0 Å². The number of aliphatic imine (C=N–C) groups is 1. The second-order valence-corrected chi connectivity index (χ2v) is 6.39. The molecule has 1 atom stereocenters. The molecule has 0 fully saturated rings. The molecule has 1 rings (SSSR count). The van der Waals surface area contributed by atoms with Crippen molar-refractivity contribution in [2.24, 2.45) is 10.9 Å². The zero-order valence-corrected chi connectivity index (χ0v) is 15.5. The summed E-state index contributed by atoms with van der Waals surface area (Å²) in [7, 11) is 1.66. The molecule has 0 saturated carbocycles. The first kappa shape index (κ1) is 19.2.